The first-order chi connectivity index (χ1) is 45.2. The molecule has 2 aliphatic heterocycles. The van der Waals surface area contributed by atoms with Crippen LogP contribution in [0.5, 0.6) is 0 Å². The van der Waals surface area contributed by atoms with Crippen LogP contribution in [0.25, 0.3) is 77.2 Å². The second kappa shape index (κ2) is 17.6. The summed E-state index contributed by atoms with van der Waals surface area (Å²) in [5, 5.41) is -0.209. The lowest BCUT2D eigenvalue weighted by Gasteiger charge is -2.45. The molecular formula is C74H59BN4. The van der Waals surface area contributed by atoms with Gasteiger partial charge in [0.2, 0.25) is 0 Å². The first-order valence-corrected chi connectivity index (χ1v) is 26.6. The van der Waals surface area contributed by atoms with E-state index >= 15 is 0 Å². The highest BCUT2D eigenvalue weighted by atomic mass is 15.2. The number of anilines is 6. The van der Waals surface area contributed by atoms with E-state index in [-0.39, 0.29) is 54.4 Å². The van der Waals surface area contributed by atoms with E-state index in [1.54, 1.807) is 0 Å². The molecule has 0 amide bonds. The van der Waals surface area contributed by atoms with E-state index in [0.29, 0.717) is 22.7 Å². The topological polar surface area (TPSA) is 16.3 Å². The van der Waals surface area contributed by atoms with E-state index in [9.17, 15) is 11.0 Å². The zero-order chi connectivity index (χ0) is 67.2. The van der Waals surface area contributed by atoms with Crippen LogP contribution in [0.1, 0.15) is 74.6 Å². The van der Waals surface area contributed by atoms with E-state index in [1.165, 1.54) is 9.13 Å². The summed E-state index contributed by atoms with van der Waals surface area (Å²) in [6.07, 6.45) is 0. The summed E-state index contributed by atoms with van der Waals surface area (Å²) >= 11 is 0. The van der Waals surface area contributed by atoms with Gasteiger partial charge < -0.3 is 18.9 Å². The van der Waals surface area contributed by atoms with E-state index in [0.717, 1.165) is 72.5 Å². The van der Waals surface area contributed by atoms with Crippen LogP contribution in [0.4, 0.5) is 34.1 Å². The van der Waals surface area contributed by atoms with Crippen molar-refractivity contribution in [3.05, 3.63) is 259 Å². The lowest BCUT2D eigenvalue weighted by atomic mass is 9.33. The summed E-state index contributed by atoms with van der Waals surface area (Å²) in [6, 6.07) is 42.8. The van der Waals surface area contributed by atoms with E-state index < -0.39 is 103 Å². The smallest absolute Gasteiger partial charge is 0.252 e. The lowest BCUT2D eigenvalue weighted by molar-refractivity contribution is 0.591. The van der Waals surface area contributed by atoms with Gasteiger partial charge in [-0.2, -0.15) is 0 Å². The third kappa shape index (κ3) is 7.15. The van der Waals surface area contributed by atoms with Gasteiger partial charge in [0.1, 0.15) is 0 Å². The first-order valence-electron chi connectivity index (χ1n) is 34.6. The monoisotopic (exact) mass is 1030 g/mol. The SMILES string of the molecule is [2H]c1c([2H])c([2H])c2c(c1[2H])c1c([2H])c([2H])c([2H])c([2H])c1n2-c1ccc2c(c1)N(c1ccccc1-c1ccccc1C(C)(C)C)c1cccc3c1B2c1ccc(-n2c4c([2H])c([2H])c([2H])c([2H])c4c4c([2H])c([2H])c([2H])c([2H])c42)cc1N3c1ccccc1-c1ccccc1C(C)(C)C. The largest absolute Gasteiger partial charge is 0.311 e. The van der Waals surface area contributed by atoms with Gasteiger partial charge in [0.25, 0.3) is 6.71 Å². The third-order valence-corrected chi connectivity index (χ3v) is 15.9. The molecule has 0 bridgehead atoms. The zero-order valence-corrected chi connectivity index (χ0v) is 44.3. The number of nitrogens with zero attached hydrogens (tertiary/aromatic N) is 4. The number of aromatic nitrogens is 2. The standard InChI is InChI=1S/C74H59BN4/c1-73(2,3)58-32-15-7-24-50(58)52-26-9-21-38-66(52)78-68-40-23-41-69-72(68)75(60-44-42-48(46-70(60)78)76-62-34-17-11-28-54(62)55-29-12-18-35-63(55)76)61-45-43-49(77-64-36-19-13-30-56(64)57-31-14-20-37-65(57)77)47-71(61)79(69)67-39-22-10-27-53(67)51-25-8-16-33-59(51)74(4,5)6/h7-47H,1-6H3/i11D,12D,13D,14D,17D,18D,19D,20D,28D,29D,30D,31D,34D,35D,36D,37D. The van der Waals surface area contributed by atoms with Crippen molar-refractivity contribution < 1.29 is 21.9 Å². The molecule has 0 saturated carbocycles. The van der Waals surface area contributed by atoms with Crippen molar-refractivity contribution in [2.75, 3.05) is 9.80 Å². The molecule has 0 fully saturated rings. The minimum atomic E-state index is -0.634. The molecule has 0 unspecified atom stereocenters. The first kappa shape index (κ1) is 33.1. The number of benzene rings is 11. The Labute approximate surface area is 485 Å². The maximum absolute atomic E-state index is 9.55. The average Bonchev–Trinajstić information content (AvgIpc) is 1.67. The van der Waals surface area contributed by atoms with Gasteiger partial charge in [0.15, 0.2) is 0 Å². The van der Waals surface area contributed by atoms with Crippen LogP contribution >= 0.6 is 0 Å². The van der Waals surface area contributed by atoms with Crippen molar-refractivity contribution in [1.29, 1.82) is 0 Å². The van der Waals surface area contributed by atoms with Gasteiger partial charge in [-0.3, -0.25) is 0 Å². The average molecular weight is 1030 g/mol. The zero-order valence-electron chi connectivity index (χ0n) is 60.3. The predicted octanol–water partition coefficient (Wildman–Crippen LogP) is 17.9. The molecule has 2 aliphatic rings. The van der Waals surface area contributed by atoms with Gasteiger partial charge in [0, 0.05) is 66.8 Å². The molecule has 4 nitrogen and oxygen atoms in total. The second-order valence-corrected chi connectivity index (χ2v) is 22.5. The highest BCUT2D eigenvalue weighted by Crippen LogP contribution is 2.51. The van der Waals surface area contributed by atoms with Crippen molar-refractivity contribution in [3.8, 4) is 33.6 Å². The lowest BCUT2D eigenvalue weighted by Crippen LogP contribution is -2.61. The summed E-state index contributed by atoms with van der Waals surface area (Å²) in [4.78, 5) is 4.44. The Morgan fingerprint density at radius 2 is 0.658 bits per heavy atom. The molecule has 2 aromatic heterocycles. The molecule has 0 spiro atoms. The minimum Gasteiger partial charge on any atom is -0.311 e. The van der Waals surface area contributed by atoms with Gasteiger partial charge in [-0.05, 0) is 122 Å². The van der Waals surface area contributed by atoms with E-state index in [4.69, 9.17) is 11.0 Å². The van der Waals surface area contributed by atoms with Crippen molar-refractivity contribution in [2.45, 2.75) is 52.4 Å². The van der Waals surface area contributed by atoms with E-state index in [1.807, 2.05) is 91.0 Å². The third-order valence-electron chi connectivity index (χ3n) is 15.9. The van der Waals surface area contributed by atoms with Crippen LogP contribution in [0.2, 0.25) is 0 Å². The minimum absolute atomic E-state index is 0.0276. The second-order valence-electron chi connectivity index (χ2n) is 22.5. The summed E-state index contributed by atoms with van der Waals surface area (Å²) in [5.74, 6) is 0. The van der Waals surface area contributed by atoms with E-state index in [2.05, 4.69) is 112 Å². The van der Waals surface area contributed by atoms with Crippen LogP contribution in [-0.2, 0) is 10.8 Å². The maximum atomic E-state index is 9.55. The molecule has 0 saturated heterocycles. The van der Waals surface area contributed by atoms with Crippen LogP contribution in [0, 0.1) is 0 Å². The van der Waals surface area contributed by atoms with Crippen molar-refractivity contribution in [3.63, 3.8) is 0 Å². The normalized spacial score (nSPS) is 15.9. The molecule has 0 radical (unpaired) electrons. The number of fused-ring (bicyclic) bond motifs is 10. The molecule has 79 heavy (non-hydrogen) atoms. The predicted molar refractivity (Wildman–Crippen MR) is 337 cm³/mol. The molecule has 0 atom stereocenters. The number of rotatable bonds is 6. The Bertz CT molecular complexity index is 5100. The molecule has 0 N–H and O–H groups in total. The van der Waals surface area contributed by atoms with Crippen LogP contribution in [0.15, 0.2) is 248 Å². The summed E-state index contributed by atoms with van der Waals surface area (Å²) in [7, 11) is 0. The van der Waals surface area contributed by atoms with Gasteiger partial charge in [0.05, 0.1) is 55.4 Å². The Kier molecular flexibility index (Phi) is 7.37. The number of hydrogen-bond acceptors (Lipinski definition) is 2. The summed E-state index contributed by atoms with van der Waals surface area (Å²) in [6.45, 7) is 12.4. The van der Waals surface area contributed by atoms with Crippen molar-refractivity contribution in [1.82, 2.24) is 9.13 Å². The van der Waals surface area contributed by atoms with Gasteiger partial charge >= 0.3 is 0 Å². The fraction of sp³-hybridized carbons (Fsp3) is 0.108. The summed E-state index contributed by atoms with van der Waals surface area (Å²) < 4.78 is 150. The molecule has 15 rings (SSSR count). The van der Waals surface area contributed by atoms with Crippen molar-refractivity contribution >= 4 is 101 Å². The molecule has 0 aliphatic carbocycles. The Hall–Kier alpha value is -9.32. The van der Waals surface area contributed by atoms with Gasteiger partial charge in [-0.25, -0.2) is 0 Å². The molecule has 13 aromatic rings. The van der Waals surface area contributed by atoms with Crippen LogP contribution < -0.4 is 26.2 Å². The fourth-order valence-corrected chi connectivity index (χ4v) is 12.6. The number of para-hydroxylation sites is 6. The van der Waals surface area contributed by atoms with Crippen molar-refractivity contribution in [2.24, 2.45) is 0 Å². The highest BCUT2D eigenvalue weighted by Gasteiger charge is 2.44. The molecule has 11 aromatic carbocycles. The highest BCUT2D eigenvalue weighted by molar-refractivity contribution is 7.00. The Morgan fingerprint density at radius 3 is 1.04 bits per heavy atom. The molecule has 4 heterocycles. The molecular weight excluding hydrogens is 956 g/mol. The molecule has 378 valence electrons. The molecule has 5 heteroatoms. The maximum Gasteiger partial charge on any atom is 0.252 e. The van der Waals surface area contributed by atoms with Gasteiger partial charge in [-0.15, -0.1) is 0 Å². The fourth-order valence-electron chi connectivity index (χ4n) is 12.6. The summed E-state index contributed by atoms with van der Waals surface area (Å²) in [5.41, 5.74) is 12.7. The van der Waals surface area contributed by atoms with Gasteiger partial charge in [-0.1, -0.05) is 217 Å². The Morgan fingerprint density at radius 1 is 0.329 bits per heavy atom. The number of hydrogen-bond donors (Lipinski definition) is 0. The van der Waals surface area contributed by atoms with Crippen LogP contribution in [0.3, 0.4) is 0 Å². The quantitative estimate of drug-likeness (QED) is 0.154. The van der Waals surface area contributed by atoms with Crippen LogP contribution in [-0.4, -0.2) is 15.8 Å². The Balaban J connectivity index is 1.10.